The van der Waals surface area contributed by atoms with Gasteiger partial charge in [0.2, 0.25) is 5.91 Å². The van der Waals surface area contributed by atoms with E-state index >= 15 is 0 Å². The van der Waals surface area contributed by atoms with Crippen LogP contribution in [0.2, 0.25) is 0 Å². The van der Waals surface area contributed by atoms with E-state index in [4.69, 9.17) is 23.7 Å². The number of ether oxygens (including phenoxy) is 5. The molecule has 0 aromatic rings. The Bertz CT molecular complexity index is 1090. The molecule has 12 heteroatoms. The number of amides is 1. The van der Waals surface area contributed by atoms with Gasteiger partial charge in [-0.2, -0.15) is 0 Å². The van der Waals surface area contributed by atoms with Crippen LogP contribution >= 0.6 is 0 Å². The Morgan fingerprint density at radius 1 is 1.02 bits per heavy atom. The summed E-state index contributed by atoms with van der Waals surface area (Å²) >= 11 is 0. The minimum Gasteiger partial charge on any atom is -0.459 e. The maximum absolute atomic E-state index is 14.2. The van der Waals surface area contributed by atoms with Crippen LogP contribution in [0.15, 0.2) is 25.3 Å². The highest BCUT2D eigenvalue weighted by Crippen LogP contribution is 2.37. The zero-order valence-electron chi connectivity index (χ0n) is 30.1. The van der Waals surface area contributed by atoms with Crippen LogP contribution in [0.3, 0.4) is 0 Å². The SMILES string of the molecule is C=CCO[C@@]1(C)[C@@H](CC)OC(=O)[C@H](C)C(=O)[C@H](C)[C@@H](O[C@@H]2O[C@H](C)C[C@H](N(C)C)[C@H]2O)[C@](C)(OCC=C)C[C@@H](C)C(=O)N[C@H](C)[C@@H]1O. The fourth-order valence-corrected chi connectivity index (χ4v) is 6.85. The number of likely N-dealkylation sites (N-methyl/N-ethyl adjacent to an activating group) is 1. The van der Waals surface area contributed by atoms with E-state index in [2.05, 4.69) is 18.5 Å². The third-order valence-corrected chi connectivity index (χ3v) is 9.74. The first kappa shape index (κ1) is 41.0. The van der Waals surface area contributed by atoms with Gasteiger partial charge in [-0.3, -0.25) is 14.4 Å². The van der Waals surface area contributed by atoms with E-state index in [9.17, 15) is 24.6 Å². The van der Waals surface area contributed by atoms with Crippen molar-refractivity contribution in [3.05, 3.63) is 25.3 Å². The smallest absolute Gasteiger partial charge is 0.316 e. The summed E-state index contributed by atoms with van der Waals surface area (Å²) in [7, 11) is 3.72. The van der Waals surface area contributed by atoms with E-state index in [0.717, 1.165) is 0 Å². The summed E-state index contributed by atoms with van der Waals surface area (Å²) < 4.78 is 30.9. The zero-order valence-corrected chi connectivity index (χ0v) is 30.1. The van der Waals surface area contributed by atoms with Gasteiger partial charge in [-0.25, -0.2) is 0 Å². The summed E-state index contributed by atoms with van der Waals surface area (Å²) in [6.07, 6.45) is -1.85. The van der Waals surface area contributed by atoms with Gasteiger partial charge in [0.15, 0.2) is 12.1 Å². The van der Waals surface area contributed by atoms with Gasteiger partial charge in [0.25, 0.3) is 0 Å². The molecule has 12 nitrogen and oxygen atoms in total. The highest BCUT2D eigenvalue weighted by molar-refractivity contribution is 6.00. The van der Waals surface area contributed by atoms with Crippen molar-refractivity contribution in [2.45, 2.75) is 135 Å². The number of esters is 1. The van der Waals surface area contributed by atoms with Gasteiger partial charge in [0.05, 0.1) is 37.1 Å². The molecule has 0 aliphatic carbocycles. The first-order valence-corrected chi connectivity index (χ1v) is 16.8. The number of ketones is 1. The van der Waals surface area contributed by atoms with Crippen LogP contribution in [-0.4, -0.2) is 120 Å². The van der Waals surface area contributed by atoms with Crippen LogP contribution < -0.4 is 5.32 Å². The van der Waals surface area contributed by atoms with Crippen LogP contribution in [0.5, 0.6) is 0 Å². The molecule has 13 atom stereocenters. The lowest BCUT2D eigenvalue weighted by Gasteiger charge is -2.47. The molecule has 0 aromatic heterocycles. The second kappa shape index (κ2) is 17.5. The lowest BCUT2D eigenvalue weighted by atomic mass is 9.78. The van der Waals surface area contributed by atoms with Gasteiger partial charge in [0.1, 0.15) is 29.8 Å². The summed E-state index contributed by atoms with van der Waals surface area (Å²) in [6.45, 7) is 21.1. The van der Waals surface area contributed by atoms with Gasteiger partial charge >= 0.3 is 5.97 Å². The lowest BCUT2D eigenvalue weighted by Crippen LogP contribution is -2.61. The summed E-state index contributed by atoms with van der Waals surface area (Å²) in [5.41, 5.74) is -2.76. The van der Waals surface area contributed by atoms with Gasteiger partial charge in [-0.05, 0) is 68.0 Å². The monoisotopic (exact) mass is 668 g/mol. The van der Waals surface area contributed by atoms with Crippen molar-refractivity contribution in [3.63, 3.8) is 0 Å². The van der Waals surface area contributed by atoms with Crippen LogP contribution in [0.1, 0.15) is 74.7 Å². The molecule has 2 aliphatic rings. The molecule has 2 heterocycles. The normalized spacial score (nSPS) is 41.4. The molecular weight excluding hydrogens is 608 g/mol. The molecule has 2 saturated heterocycles. The quantitative estimate of drug-likeness (QED) is 0.179. The molecule has 0 unspecified atom stereocenters. The van der Waals surface area contributed by atoms with Gasteiger partial charge in [0, 0.05) is 17.9 Å². The number of aliphatic hydroxyl groups is 2. The Morgan fingerprint density at radius 3 is 2.17 bits per heavy atom. The van der Waals surface area contributed by atoms with E-state index in [1.807, 2.05) is 25.9 Å². The second-order valence-electron chi connectivity index (χ2n) is 13.9. The van der Waals surface area contributed by atoms with Crippen molar-refractivity contribution in [2.75, 3.05) is 27.3 Å². The molecule has 0 aromatic carbocycles. The van der Waals surface area contributed by atoms with Gasteiger partial charge in [-0.15, -0.1) is 13.2 Å². The largest absolute Gasteiger partial charge is 0.459 e. The Kier molecular flexibility index (Phi) is 15.2. The lowest BCUT2D eigenvalue weighted by molar-refractivity contribution is -0.296. The molecule has 2 rings (SSSR count). The predicted octanol–water partition coefficient (Wildman–Crippen LogP) is 2.79. The minimum atomic E-state index is -1.45. The van der Waals surface area contributed by atoms with Crippen molar-refractivity contribution in [2.24, 2.45) is 17.8 Å². The Labute approximate surface area is 281 Å². The molecule has 47 heavy (non-hydrogen) atoms. The number of aliphatic hydroxyl groups excluding tert-OH is 2. The van der Waals surface area contributed by atoms with Gasteiger partial charge in [-0.1, -0.05) is 32.9 Å². The molecule has 0 saturated carbocycles. The summed E-state index contributed by atoms with van der Waals surface area (Å²) in [5.74, 6) is -4.57. The van der Waals surface area contributed by atoms with Crippen LogP contribution in [0.25, 0.3) is 0 Å². The minimum absolute atomic E-state index is 0.0462. The first-order chi connectivity index (χ1) is 21.9. The first-order valence-electron chi connectivity index (χ1n) is 16.8. The van der Waals surface area contributed by atoms with E-state index in [-0.39, 0.29) is 44.1 Å². The van der Waals surface area contributed by atoms with Crippen molar-refractivity contribution < 1.29 is 48.3 Å². The molecule has 2 aliphatic heterocycles. The third kappa shape index (κ3) is 9.71. The number of carbonyl (C=O) groups excluding carboxylic acids is 3. The number of hydrogen-bond acceptors (Lipinski definition) is 11. The number of cyclic esters (lactones) is 1. The van der Waals surface area contributed by atoms with E-state index in [0.29, 0.717) is 6.42 Å². The van der Waals surface area contributed by atoms with Crippen molar-refractivity contribution >= 4 is 17.7 Å². The van der Waals surface area contributed by atoms with E-state index < -0.39 is 77.5 Å². The van der Waals surface area contributed by atoms with Crippen molar-refractivity contribution in [3.8, 4) is 0 Å². The summed E-state index contributed by atoms with van der Waals surface area (Å²) in [6, 6.07) is -1.11. The number of rotatable bonds is 10. The molecule has 3 N–H and O–H groups in total. The standard InChI is InChI=1S/C35H60N2O10/c1-13-16-43-34(9)19-20(4)31(41)36-24(8)29(40)35(10,44-17-14-2)26(15-3)46-32(42)23(7)27(38)22(6)30(34)47-33-28(39)25(37(11)12)18-21(5)45-33/h13-14,20-26,28-30,33,39-40H,1-2,15-19H2,3-12H3,(H,36,41)/t20-,21-,22+,23-,24-,25+,26-,28-,29+,30-,33+,34-,35+/m1/s1. The number of hydrogen-bond donors (Lipinski definition) is 3. The third-order valence-electron chi connectivity index (χ3n) is 9.74. The highest BCUT2D eigenvalue weighted by atomic mass is 16.7. The number of Topliss-reactive ketones (excluding diaryl/α,β-unsaturated/α-hetero) is 1. The highest BCUT2D eigenvalue weighted by Gasteiger charge is 2.51. The van der Waals surface area contributed by atoms with Crippen LogP contribution in [0, 0.1) is 17.8 Å². The van der Waals surface area contributed by atoms with E-state index in [1.54, 1.807) is 47.6 Å². The molecule has 0 spiro atoms. The molecule has 270 valence electrons. The topological polar surface area (TPSA) is 153 Å². The molecule has 1 amide bonds. The maximum atomic E-state index is 14.2. The Hall–Kier alpha value is -2.19. The Morgan fingerprint density at radius 2 is 1.62 bits per heavy atom. The molecule has 2 fully saturated rings. The second-order valence-corrected chi connectivity index (χ2v) is 13.9. The summed E-state index contributed by atoms with van der Waals surface area (Å²) in [4.78, 5) is 43.4. The van der Waals surface area contributed by atoms with Crippen molar-refractivity contribution in [1.82, 2.24) is 10.2 Å². The fourth-order valence-electron chi connectivity index (χ4n) is 6.85. The zero-order chi connectivity index (χ0) is 35.9. The predicted molar refractivity (Wildman–Crippen MR) is 177 cm³/mol. The average molecular weight is 669 g/mol. The average Bonchev–Trinajstić information content (AvgIpc) is 3.02. The maximum Gasteiger partial charge on any atom is 0.316 e. The number of nitrogens with one attached hydrogen (secondary N) is 1. The Balaban J connectivity index is 2.70. The molecular formula is C35H60N2O10. The fraction of sp³-hybridized carbons (Fsp3) is 0.800. The van der Waals surface area contributed by atoms with Crippen LogP contribution in [0.4, 0.5) is 0 Å². The van der Waals surface area contributed by atoms with Crippen molar-refractivity contribution in [1.29, 1.82) is 0 Å². The van der Waals surface area contributed by atoms with Crippen LogP contribution in [-0.2, 0) is 38.1 Å². The molecule has 0 radical (unpaired) electrons. The number of nitrogens with zero attached hydrogens (tertiary/aromatic N) is 1. The van der Waals surface area contributed by atoms with Gasteiger partial charge < -0.3 is 44.1 Å². The van der Waals surface area contributed by atoms with E-state index in [1.165, 1.54) is 13.0 Å². The molecule has 0 bridgehead atoms. The summed E-state index contributed by atoms with van der Waals surface area (Å²) in [5, 5.41) is 25.8. The number of carbonyl (C=O) groups is 3.